The Morgan fingerprint density at radius 1 is 1.06 bits per heavy atom. The van der Waals surface area contributed by atoms with Crippen LogP contribution in [0, 0.1) is 11.2 Å². The summed E-state index contributed by atoms with van der Waals surface area (Å²) < 4.78 is 58.8. The molecule has 2 aromatic carbocycles. The predicted octanol–water partition coefficient (Wildman–Crippen LogP) is 6.70. The first-order valence-corrected chi connectivity index (χ1v) is 11.7. The summed E-state index contributed by atoms with van der Waals surface area (Å²) in [6.07, 6.45) is -6.35. The van der Waals surface area contributed by atoms with Crippen LogP contribution in [0.1, 0.15) is 79.1 Å². The van der Waals surface area contributed by atoms with Gasteiger partial charge in [0.05, 0.1) is 23.5 Å². The van der Waals surface area contributed by atoms with E-state index < -0.39 is 35.9 Å². The molecule has 0 amide bonds. The van der Waals surface area contributed by atoms with Crippen LogP contribution in [0.3, 0.4) is 0 Å². The number of aliphatic hydroxyl groups excluding tert-OH is 2. The van der Waals surface area contributed by atoms with Gasteiger partial charge >= 0.3 is 6.18 Å². The number of aromatic nitrogens is 1. The number of aliphatic hydroxyl groups is 2. The zero-order valence-electron chi connectivity index (χ0n) is 20.5. The summed E-state index contributed by atoms with van der Waals surface area (Å²) in [5, 5.41) is 22.8. The summed E-state index contributed by atoms with van der Waals surface area (Å²) in [5.41, 5.74) is 2.12. The maximum atomic E-state index is 13.8. The molecule has 0 fully saturated rings. The minimum atomic E-state index is -4.51. The molecule has 0 aliphatic heterocycles. The molecule has 0 saturated heterocycles. The van der Waals surface area contributed by atoms with E-state index in [1.165, 1.54) is 31.4 Å². The minimum absolute atomic E-state index is 0.225. The molecule has 4 nitrogen and oxygen atoms in total. The van der Waals surface area contributed by atoms with Crippen LogP contribution in [0.5, 0.6) is 0 Å². The summed E-state index contributed by atoms with van der Waals surface area (Å²) in [6.45, 7) is 5.82. The van der Waals surface area contributed by atoms with Gasteiger partial charge in [-0.25, -0.2) is 4.39 Å². The van der Waals surface area contributed by atoms with E-state index in [4.69, 9.17) is 9.72 Å². The maximum Gasteiger partial charge on any atom is 0.416 e. The molecule has 36 heavy (non-hydrogen) atoms. The molecule has 0 bridgehead atoms. The molecule has 1 aromatic heterocycles. The fourth-order valence-electron chi connectivity index (χ4n) is 4.97. The Kier molecular flexibility index (Phi) is 6.98. The van der Waals surface area contributed by atoms with Crippen LogP contribution >= 0.6 is 0 Å². The van der Waals surface area contributed by atoms with Crippen molar-refractivity contribution in [1.29, 1.82) is 0 Å². The zero-order valence-corrected chi connectivity index (χ0v) is 20.5. The Morgan fingerprint density at radius 2 is 1.67 bits per heavy atom. The van der Waals surface area contributed by atoms with Crippen LogP contribution in [0.25, 0.3) is 11.1 Å². The van der Waals surface area contributed by atoms with E-state index in [2.05, 4.69) is 0 Å². The van der Waals surface area contributed by atoms with Gasteiger partial charge in [-0.2, -0.15) is 13.2 Å². The smallest absolute Gasteiger partial charge is 0.388 e. The highest BCUT2D eigenvalue weighted by Gasteiger charge is 2.38. The third-order valence-electron chi connectivity index (χ3n) is 6.80. The summed E-state index contributed by atoms with van der Waals surface area (Å²) in [6, 6.07) is 9.97. The fraction of sp³-hybridized carbons (Fsp3) is 0.393. The molecule has 0 spiro atoms. The Morgan fingerprint density at radius 3 is 2.22 bits per heavy atom. The van der Waals surface area contributed by atoms with Crippen molar-refractivity contribution in [3.05, 3.63) is 88.0 Å². The van der Waals surface area contributed by atoms with Crippen LogP contribution in [-0.2, 0) is 17.3 Å². The number of hydrogen-bond donors (Lipinski definition) is 2. The van der Waals surface area contributed by atoms with Gasteiger partial charge < -0.3 is 14.9 Å². The van der Waals surface area contributed by atoms with E-state index in [0.717, 1.165) is 12.1 Å². The molecule has 4 rings (SSSR count). The summed E-state index contributed by atoms with van der Waals surface area (Å²) >= 11 is 0. The molecule has 0 radical (unpaired) electrons. The average molecular weight is 504 g/mol. The second-order valence-electron chi connectivity index (χ2n) is 10.1. The van der Waals surface area contributed by atoms with E-state index in [9.17, 15) is 27.8 Å². The number of fused-ring (bicyclic) bond motifs is 1. The number of halogens is 4. The van der Waals surface area contributed by atoms with E-state index in [1.807, 2.05) is 13.8 Å². The minimum Gasteiger partial charge on any atom is -0.388 e. The Hall–Kier alpha value is -2.81. The highest BCUT2D eigenvalue weighted by Crippen LogP contribution is 2.48. The molecule has 192 valence electrons. The van der Waals surface area contributed by atoms with Gasteiger partial charge in [-0.1, -0.05) is 38.1 Å². The number of methoxy groups -OCH3 is 1. The third-order valence-corrected chi connectivity index (χ3v) is 6.80. The molecule has 2 unspecified atom stereocenters. The van der Waals surface area contributed by atoms with E-state index in [1.54, 1.807) is 19.1 Å². The highest BCUT2D eigenvalue weighted by molar-refractivity contribution is 5.75. The molecule has 3 aromatic rings. The molecule has 8 heteroatoms. The van der Waals surface area contributed by atoms with Gasteiger partial charge in [-0.3, -0.25) is 4.98 Å². The van der Waals surface area contributed by atoms with Crippen LogP contribution in [0.4, 0.5) is 17.6 Å². The van der Waals surface area contributed by atoms with Crippen molar-refractivity contribution in [1.82, 2.24) is 4.98 Å². The molecular weight excluding hydrogens is 474 g/mol. The van der Waals surface area contributed by atoms with Crippen molar-refractivity contribution < 1.29 is 32.5 Å². The molecule has 1 heterocycles. The van der Waals surface area contributed by atoms with Crippen LogP contribution < -0.4 is 0 Å². The van der Waals surface area contributed by atoms with Crippen LogP contribution in [0.2, 0.25) is 0 Å². The number of nitrogens with zero attached hydrogens (tertiary/aromatic N) is 1. The lowest BCUT2D eigenvalue weighted by Crippen LogP contribution is -2.29. The van der Waals surface area contributed by atoms with Crippen molar-refractivity contribution in [2.45, 2.75) is 58.1 Å². The maximum absolute atomic E-state index is 13.8. The largest absolute Gasteiger partial charge is 0.416 e. The number of pyridine rings is 1. The Bertz CT molecular complexity index is 1240. The second kappa shape index (κ2) is 9.57. The monoisotopic (exact) mass is 503 g/mol. The quantitative estimate of drug-likeness (QED) is 0.380. The molecule has 3 atom stereocenters. The van der Waals surface area contributed by atoms with Gasteiger partial charge in [-0.05, 0) is 66.1 Å². The van der Waals surface area contributed by atoms with Crippen molar-refractivity contribution in [2.75, 3.05) is 7.11 Å². The van der Waals surface area contributed by atoms with Crippen molar-refractivity contribution in [2.24, 2.45) is 5.41 Å². The number of benzene rings is 2. The summed E-state index contributed by atoms with van der Waals surface area (Å²) in [5.74, 6) is -0.446. The summed E-state index contributed by atoms with van der Waals surface area (Å²) in [7, 11) is 1.50. The van der Waals surface area contributed by atoms with E-state index in [-0.39, 0.29) is 11.0 Å². The van der Waals surface area contributed by atoms with Crippen LogP contribution in [0.15, 0.2) is 48.5 Å². The first-order chi connectivity index (χ1) is 16.8. The highest BCUT2D eigenvalue weighted by atomic mass is 19.4. The summed E-state index contributed by atoms with van der Waals surface area (Å²) in [4.78, 5) is 4.84. The zero-order chi connectivity index (χ0) is 26.4. The van der Waals surface area contributed by atoms with Gasteiger partial charge in [0.25, 0.3) is 0 Å². The Balaban J connectivity index is 2.01. The lowest BCUT2D eigenvalue weighted by molar-refractivity contribution is -0.137. The number of ether oxygens (including phenoxy) is 1. The van der Waals surface area contributed by atoms with Crippen molar-refractivity contribution in [3.8, 4) is 11.1 Å². The molecule has 2 N–H and O–H groups in total. The average Bonchev–Trinajstić information content (AvgIpc) is 2.81. The molecule has 1 aliphatic rings. The Labute approximate surface area is 207 Å². The topological polar surface area (TPSA) is 62.6 Å². The van der Waals surface area contributed by atoms with Crippen molar-refractivity contribution in [3.63, 3.8) is 0 Å². The number of hydrogen-bond acceptors (Lipinski definition) is 4. The van der Waals surface area contributed by atoms with Gasteiger partial charge in [0.1, 0.15) is 11.9 Å². The van der Waals surface area contributed by atoms with Crippen molar-refractivity contribution >= 4 is 0 Å². The first-order valence-electron chi connectivity index (χ1n) is 11.7. The second-order valence-corrected chi connectivity index (χ2v) is 10.1. The van der Waals surface area contributed by atoms with Gasteiger partial charge in [0, 0.05) is 23.9 Å². The predicted molar refractivity (Wildman–Crippen MR) is 128 cm³/mol. The third kappa shape index (κ3) is 5.03. The standard InChI is InChI=1S/C28H29F4NO3/c1-15(36-4)25-24(26(35)17-5-9-18(10-6-17)28(30,31)32)22(16-7-11-19(29)12-8-16)23-20(33-25)13-27(2,3)14-21(23)34/h5-12,15,21,26,34-35H,13-14H2,1-4H3/t15?,21-,26?/m0/s1. The number of rotatable bonds is 5. The van der Waals surface area contributed by atoms with Gasteiger partial charge in [0.2, 0.25) is 0 Å². The molecular formula is C28H29F4NO3. The number of alkyl halides is 3. The van der Waals surface area contributed by atoms with E-state index >= 15 is 0 Å². The lowest BCUT2D eigenvalue weighted by atomic mass is 9.71. The SMILES string of the molecule is COC(C)c1nc2c(c(-c3ccc(F)cc3)c1C(O)c1ccc(C(F)(F)F)cc1)[C@@H](O)CC(C)(C)C2. The normalized spacial score (nSPS) is 19.0. The van der Waals surface area contributed by atoms with Crippen LogP contribution in [-0.4, -0.2) is 22.3 Å². The molecule has 1 aliphatic carbocycles. The first kappa shape index (κ1) is 26.3. The van der Waals surface area contributed by atoms with Gasteiger partial charge in [-0.15, -0.1) is 0 Å². The molecule has 0 saturated carbocycles. The van der Waals surface area contributed by atoms with E-state index in [0.29, 0.717) is 46.5 Å². The fourth-order valence-corrected chi connectivity index (χ4v) is 4.97. The van der Waals surface area contributed by atoms with Gasteiger partial charge in [0.15, 0.2) is 0 Å². The lowest BCUT2D eigenvalue weighted by Gasteiger charge is -2.37.